The number of aryl methyl sites for hydroxylation is 2. The van der Waals surface area contributed by atoms with Gasteiger partial charge >= 0.3 is 0 Å². The Balaban J connectivity index is 2.72. The highest BCUT2D eigenvalue weighted by Crippen LogP contribution is 2.26. The van der Waals surface area contributed by atoms with Crippen molar-refractivity contribution in [3.63, 3.8) is 0 Å². The van der Waals surface area contributed by atoms with Gasteiger partial charge in [-0.1, -0.05) is 39.3 Å². The Kier molecular flexibility index (Phi) is 6.21. The molecule has 0 radical (unpaired) electrons. The highest BCUT2D eigenvalue weighted by Gasteiger charge is 2.19. The number of thioether (sulfide) groups is 1. The lowest BCUT2D eigenvalue weighted by Crippen LogP contribution is -2.35. The molecular weight excluding hydrogens is 278 g/mol. The second kappa shape index (κ2) is 7.00. The zero-order chi connectivity index (χ0) is 14.6. The molecule has 0 spiro atoms. The van der Waals surface area contributed by atoms with E-state index in [4.69, 9.17) is 11.6 Å². The minimum Gasteiger partial charge on any atom is -0.313 e. The predicted molar refractivity (Wildman–Crippen MR) is 86.3 cm³/mol. The van der Waals surface area contributed by atoms with Gasteiger partial charge in [-0.15, -0.1) is 0 Å². The summed E-state index contributed by atoms with van der Waals surface area (Å²) in [5.41, 5.74) is 2.04. The summed E-state index contributed by atoms with van der Waals surface area (Å²) in [6.45, 7) is 11.8. The van der Waals surface area contributed by atoms with E-state index in [1.54, 1.807) is 0 Å². The van der Waals surface area contributed by atoms with Crippen molar-refractivity contribution in [2.45, 2.75) is 51.8 Å². The SMILES string of the molecule is CCNC(CSC(C)(C)C)Cc1c(Cl)c(C)nn1C. The van der Waals surface area contributed by atoms with Crippen LogP contribution < -0.4 is 5.32 Å². The van der Waals surface area contributed by atoms with Gasteiger partial charge in [-0.25, -0.2) is 0 Å². The lowest BCUT2D eigenvalue weighted by molar-refractivity contribution is 0.547. The van der Waals surface area contributed by atoms with Gasteiger partial charge in [-0.3, -0.25) is 4.68 Å². The van der Waals surface area contributed by atoms with Crippen LogP contribution in [0.15, 0.2) is 0 Å². The Labute approximate surface area is 126 Å². The van der Waals surface area contributed by atoms with E-state index in [9.17, 15) is 0 Å². The van der Waals surface area contributed by atoms with Crippen LogP contribution in [0.3, 0.4) is 0 Å². The molecule has 19 heavy (non-hydrogen) atoms. The number of nitrogens with one attached hydrogen (secondary N) is 1. The fourth-order valence-corrected chi connectivity index (χ4v) is 3.14. The first-order chi connectivity index (χ1) is 8.74. The first-order valence-corrected chi connectivity index (χ1v) is 8.16. The average molecular weight is 304 g/mol. The van der Waals surface area contributed by atoms with Gasteiger partial charge in [-0.05, 0) is 13.5 Å². The molecule has 5 heteroatoms. The van der Waals surface area contributed by atoms with Gasteiger partial charge in [-0.2, -0.15) is 16.9 Å². The third-order valence-corrected chi connectivity index (χ3v) is 4.84. The normalized spacial score (nSPS) is 13.8. The van der Waals surface area contributed by atoms with Crippen LogP contribution in [0, 0.1) is 6.92 Å². The zero-order valence-electron chi connectivity index (χ0n) is 12.9. The third kappa shape index (κ3) is 5.36. The second-order valence-electron chi connectivity index (χ2n) is 5.85. The van der Waals surface area contributed by atoms with Crippen LogP contribution in [0.1, 0.15) is 39.1 Å². The zero-order valence-corrected chi connectivity index (χ0v) is 14.5. The third-order valence-electron chi connectivity index (χ3n) is 2.91. The van der Waals surface area contributed by atoms with Crippen molar-refractivity contribution in [1.29, 1.82) is 0 Å². The maximum atomic E-state index is 6.33. The standard InChI is InChI=1S/C14H26ClN3S/c1-7-16-11(9-19-14(3,4)5)8-12-13(15)10(2)17-18(12)6/h11,16H,7-9H2,1-6H3. The molecule has 1 rings (SSSR count). The number of halogens is 1. The molecule has 1 aromatic heterocycles. The van der Waals surface area contributed by atoms with Gasteiger partial charge < -0.3 is 5.32 Å². The molecule has 1 N–H and O–H groups in total. The fraction of sp³-hybridized carbons (Fsp3) is 0.786. The minimum absolute atomic E-state index is 0.292. The fourth-order valence-electron chi connectivity index (χ4n) is 1.96. The Bertz CT molecular complexity index is 410. The molecule has 0 aliphatic carbocycles. The minimum atomic E-state index is 0.292. The molecule has 0 bridgehead atoms. The first-order valence-electron chi connectivity index (χ1n) is 6.80. The van der Waals surface area contributed by atoms with Crippen molar-refractivity contribution in [3.8, 4) is 0 Å². The number of rotatable bonds is 6. The van der Waals surface area contributed by atoms with Crippen LogP contribution in [0.4, 0.5) is 0 Å². The van der Waals surface area contributed by atoms with E-state index in [2.05, 4.69) is 38.1 Å². The van der Waals surface area contributed by atoms with Crippen LogP contribution in [-0.4, -0.2) is 32.9 Å². The lowest BCUT2D eigenvalue weighted by atomic mass is 10.1. The van der Waals surface area contributed by atoms with Gasteiger partial charge in [0.05, 0.1) is 16.4 Å². The second-order valence-corrected chi connectivity index (χ2v) is 8.08. The average Bonchev–Trinajstić information content (AvgIpc) is 2.52. The van der Waals surface area contributed by atoms with Crippen molar-refractivity contribution >= 4 is 23.4 Å². The number of hydrogen-bond acceptors (Lipinski definition) is 3. The Morgan fingerprint density at radius 1 is 1.42 bits per heavy atom. The smallest absolute Gasteiger partial charge is 0.0847 e. The Morgan fingerprint density at radius 2 is 2.05 bits per heavy atom. The van der Waals surface area contributed by atoms with Crippen molar-refractivity contribution in [1.82, 2.24) is 15.1 Å². The molecule has 0 saturated heterocycles. The van der Waals surface area contributed by atoms with E-state index in [0.29, 0.717) is 10.8 Å². The summed E-state index contributed by atoms with van der Waals surface area (Å²) in [6, 6.07) is 0.432. The van der Waals surface area contributed by atoms with E-state index in [0.717, 1.165) is 35.1 Å². The van der Waals surface area contributed by atoms with Crippen molar-refractivity contribution < 1.29 is 0 Å². The van der Waals surface area contributed by atoms with Crippen LogP contribution in [0.25, 0.3) is 0 Å². The summed E-state index contributed by atoms with van der Waals surface area (Å²) in [6.07, 6.45) is 0.924. The van der Waals surface area contributed by atoms with Gasteiger partial charge in [0.2, 0.25) is 0 Å². The number of likely N-dealkylation sites (N-methyl/N-ethyl adjacent to an activating group) is 1. The van der Waals surface area contributed by atoms with Crippen molar-refractivity contribution in [2.24, 2.45) is 7.05 Å². The Hall–Kier alpha value is -0.190. The van der Waals surface area contributed by atoms with Crippen molar-refractivity contribution in [2.75, 3.05) is 12.3 Å². The van der Waals surface area contributed by atoms with Gasteiger partial charge in [0.1, 0.15) is 0 Å². The quantitative estimate of drug-likeness (QED) is 0.873. The maximum Gasteiger partial charge on any atom is 0.0847 e. The molecule has 1 atom stereocenters. The molecule has 0 fully saturated rings. The highest BCUT2D eigenvalue weighted by atomic mass is 35.5. The van der Waals surface area contributed by atoms with E-state index in [-0.39, 0.29) is 0 Å². The van der Waals surface area contributed by atoms with Crippen LogP contribution >= 0.6 is 23.4 Å². The predicted octanol–water partition coefficient (Wildman–Crippen LogP) is 3.43. The maximum absolute atomic E-state index is 6.33. The summed E-state index contributed by atoms with van der Waals surface area (Å²) >= 11 is 8.31. The number of hydrogen-bond donors (Lipinski definition) is 1. The molecule has 110 valence electrons. The summed E-state index contributed by atoms with van der Waals surface area (Å²) < 4.78 is 2.20. The largest absolute Gasteiger partial charge is 0.313 e. The highest BCUT2D eigenvalue weighted by molar-refractivity contribution is 8.00. The topological polar surface area (TPSA) is 29.9 Å². The number of aromatic nitrogens is 2. The molecule has 0 amide bonds. The molecule has 0 aliphatic heterocycles. The summed E-state index contributed by atoms with van der Waals surface area (Å²) in [4.78, 5) is 0. The molecule has 0 aromatic carbocycles. The Morgan fingerprint density at radius 3 is 2.47 bits per heavy atom. The van der Waals surface area contributed by atoms with E-state index in [1.165, 1.54) is 0 Å². The van der Waals surface area contributed by atoms with Gasteiger partial charge in [0.15, 0.2) is 0 Å². The molecule has 0 saturated carbocycles. The molecule has 0 aliphatic rings. The monoisotopic (exact) mass is 303 g/mol. The van der Waals surface area contributed by atoms with Crippen LogP contribution in [0.2, 0.25) is 5.02 Å². The first kappa shape index (κ1) is 16.9. The molecule has 1 heterocycles. The van der Waals surface area contributed by atoms with Gasteiger partial charge in [0, 0.05) is 30.0 Å². The summed E-state index contributed by atoms with van der Waals surface area (Å²) in [5, 5.41) is 8.74. The number of nitrogens with zero attached hydrogens (tertiary/aromatic N) is 2. The lowest BCUT2D eigenvalue weighted by Gasteiger charge is -2.23. The van der Waals surface area contributed by atoms with E-state index in [1.807, 2.05) is 30.4 Å². The van der Waals surface area contributed by atoms with E-state index < -0.39 is 0 Å². The summed E-state index contributed by atoms with van der Waals surface area (Å²) in [7, 11) is 1.97. The summed E-state index contributed by atoms with van der Waals surface area (Å²) in [5.74, 6) is 1.08. The van der Waals surface area contributed by atoms with E-state index >= 15 is 0 Å². The molecule has 1 aromatic rings. The van der Waals surface area contributed by atoms with Crippen LogP contribution in [-0.2, 0) is 13.5 Å². The van der Waals surface area contributed by atoms with Gasteiger partial charge in [0.25, 0.3) is 0 Å². The molecule has 1 unspecified atom stereocenters. The van der Waals surface area contributed by atoms with Crippen molar-refractivity contribution in [3.05, 3.63) is 16.4 Å². The van der Waals surface area contributed by atoms with Crippen LogP contribution in [0.5, 0.6) is 0 Å². The molecule has 3 nitrogen and oxygen atoms in total. The molecular formula is C14H26ClN3S.